The summed E-state index contributed by atoms with van der Waals surface area (Å²) in [6.07, 6.45) is 0. The van der Waals surface area contributed by atoms with E-state index in [0.717, 1.165) is 0 Å². The molecule has 0 fully saturated rings. The van der Waals surface area contributed by atoms with E-state index in [2.05, 4.69) is 0 Å². The molecule has 0 saturated heterocycles. The number of nitrogens with zero attached hydrogens (tertiary/aromatic N) is 2. The van der Waals surface area contributed by atoms with Crippen LogP contribution in [0, 0.1) is 21.3 Å². The van der Waals surface area contributed by atoms with E-state index < -0.39 is 0 Å². The van der Waals surface area contributed by atoms with Crippen LogP contribution in [0.1, 0.15) is 2.85 Å². The van der Waals surface area contributed by atoms with Crippen LogP contribution in [0.25, 0.3) is 0 Å². The Labute approximate surface area is 95.0 Å². The normalized spacial score (nSPS) is 2.20. The van der Waals surface area contributed by atoms with Gasteiger partial charge in [0.2, 0.25) is 0 Å². The van der Waals surface area contributed by atoms with Gasteiger partial charge in [-0.15, -0.1) is 0 Å². The molecule has 0 aromatic heterocycles. The summed E-state index contributed by atoms with van der Waals surface area (Å²) < 4.78 is 0. The molecule has 0 aliphatic heterocycles. The van der Waals surface area contributed by atoms with E-state index in [9.17, 15) is 0 Å². The summed E-state index contributed by atoms with van der Waals surface area (Å²) in [5, 5.41) is 18.3. The van der Waals surface area contributed by atoms with Gasteiger partial charge in [-0.25, -0.2) is 0 Å². The Hall–Kier alpha value is 0.430. The molecule has 0 unspecified atom stereocenters. The van der Waals surface area contributed by atoms with Crippen LogP contribution < -0.4 is 0 Å². The Morgan fingerprint density at radius 1 is 0.900 bits per heavy atom. The fraction of sp³-hybridized carbons (Fsp3) is 0. The van der Waals surface area contributed by atoms with Gasteiger partial charge in [-0.2, -0.15) is 10.5 Å². The standard InChI is InChI=1S/C2N2S.Ca.4H2O.2H/c3-1-5-2-4;;;;;;;/h;;4*1H2;;/q;+2;;;;;2*-1. The van der Waals surface area contributed by atoms with Crippen molar-refractivity contribution in [2.24, 2.45) is 0 Å². The molecule has 10 heavy (non-hydrogen) atoms. The Bertz CT molecular complexity index is 94.2. The maximum atomic E-state index is 7.56. The summed E-state index contributed by atoms with van der Waals surface area (Å²) >= 11 is 0.574. The van der Waals surface area contributed by atoms with Crippen molar-refractivity contribution in [2.75, 3.05) is 0 Å². The minimum Gasteiger partial charge on any atom is -1.00 e. The number of hydrogen-bond acceptors (Lipinski definition) is 3. The third kappa shape index (κ3) is 78.8. The first-order valence-corrected chi connectivity index (χ1v) is 1.67. The van der Waals surface area contributed by atoms with Gasteiger partial charge in [0.25, 0.3) is 0 Å². The molecule has 0 radical (unpaired) electrons. The minimum atomic E-state index is 0. The Morgan fingerprint density at radius 3 is 1.10 bits per heavy atom. The molecule has 0 rings (SSSR count). The number of hydrogen-bond donors (Lipinski definition) is 0. The average molecular weight is 198 g/mol. The molecule has 8 N–H and O–H groups in total. The van der Waals surface area contributed by atoms with Crippen LogP contribution in [0.5, 0.6) is 0 Å². The fourth-order valence-electron chi connectivity index (χ4n) is 0.0204. The molecule has 0 bridgehead atoms. The van der Waals surface area contributed by atoms with Crippen LogP contribution in [-0.2, 0) is 0 Å². The van der Waals surface area contributed by atoms with Gasteiger partial charge in [0.15, 0.2) is 0 Å². The van der Waals surface area contributed by atoms with Gasteiger partial charge in [-0.05, 0) is 0 Å². The quantitative estimate of drug-likeness (QED) is 0.303. The molecule has 0 aliphatic carbocycles. The SMILES string of the molecule is N#CSC#N.O.O.O.O.[Ca+2].[H-].[H-]. The second-order valence-corrected chi connectivity index (χ2v) is 0.854. The number of thioether (sulfide) groups is 1. The molecular formula is C2H10CaN2O4S. The van der Waals surface area contributed by atoms with Crippen molar-refractivity contribution in [1.82, 2.24) is 0 Å². The third-order valence-corrected chi connectivity index (χ3v) is 0.274. The maximum Gasteiger partial charge on any atom is 2.00 e. The molecule has 6 nitrogen and oxygen atoms in total. The largest absolute Gasteiger partial charge is 2.00 e. The summed E-state index contributed by atoms with van der Waals surface area (Å²) in [6, 6.07) is 0. The van der Waals surface area contributed by atoms with Crippen LogP contribution in [0.2, 0.25) is 0 Å². The summed E-state index contributed by atoms with van der Waals surface area (Å²) in [7, 11) is 0. The first kappa shape index (κ1) is 47.3. The summed E-state index contributed by atoms with van der Waals surface area (Å²) in [5.41, 5.74) is 0. The molecule has 0 amide bonds. The molecule has 0 atom stereocenters. The summed E-state index contributed by atoms with van der Waals surface area (Å²) in [4.78, 5) is 0. The van der Waals surface area contributed by atoms with Crippen LogP contribution in [-0.4, -0.2) is 59.6 Å². The number of rotatable bonds is 0. The van der Waals surface area contributed by atoms with E-state index in [1.807, 2.05) is 0 Å². The monoisotopic (exact) mass is 198 g/mol. The molecule has 0 aromatic rings. The van der Waals surface area contributed by atoms with Crippen LogP contribution in [0.15, 0.2) is 0 Å². The van der Waals surface area contributed by atoms with Gasteiger partial charge in [0.1, 0.15) is 10.8 Å². The van der Waals surface area contributed by atoms with Crippen LogP contribution in [0.4, 0.5) is 0 Å². The summed E-state index contributed by atoms with van der Waals surface area (Å²) in [6.45, 7) is 0. The second kappa shape index (κ2) is 57.0. The molecule has 8 heteroatoms. The fourth-order valence-corrected chi connectivity index (χ4v) is 0.0612. The van der Waals surface area contributed by atoms with Crippen molar-refractivity contribution in [2.45, 2.75) is 0 Å². The topological polar surface area (TPSA) is 174 Å². The van der Waals surface area contributed by atoms with Gasteiger partial charge in [-0.1, -0.05) is 0 Å². The first-order chi connectivity index (χ1) is 2.41. The zero-order valence-electron chi connectivity index (χ0n) is 7.01. The van der Waals surface area contributed by atoms with E-state index in [4.69, 9.17) is 10.5 Å². The van der Waals surface area contributed by atoms with Gasteiger partial charge in [0, 0.05) is 0 Å². The third-order valence-electron chi connectivity index (χ3n) is 0.0913. The van der Waals surface area contributed by atoms with E-state index in [1.54, 1.807) is 10.8 Å². The maximum absolute atomic E-state index is 7.56. The molecule has 0 aromatic carbocycles. The molecular weight excluding hydrogens is 188 g/mol. The Balaban J connectivity index is -0.00000000381. The van der Waals surface area contributed by atoms with Gasteiger partial charge in [-0.3, -0.25) is 0 Å². The second-order valence-electron chi connectivity index (χ2n) is 0.285. The number of thiocyanates is 2. The van der Waals surface area contributed by atoms with Crippen molar-refractivity contribution < 1.29 is 24.8 Å². The predicted octanol–water partition coefficient (Wildman–Crippen LogP) is -2.77. The van der Waals surface area contributed by atoms with Crippen molar-refractivity contribution in [3.8, 4) is 10.8 Å². The van der Waals surface area contributed by atoms with Gasteiger partial charge < -0.3 is 24.8 Å². The minimum absolute atomic E-state index is 0. The molecule has 0 saturated carbocycles. The van der Waals surface area contributed by atoms with E-state index in [1.165, 1.54) is 0 Å². The van der Waals surface area contributed by atoms with Gasteiger partial charge in [0.05, 0.1) is 11.8 Å². The van der Waals surface area contributed by atoms with Crippen LogP contribution in [0.3, 0.4) is 0 Å². The molecule has 0 spiro atoms. The predicted molar refractivity (Wildman–Crippen MR) is 41.3 cm³/mol. The first-order valence-electron chi connectivity index (χ1n) is 0.855. The van der Waals surface area contributed by atoms with Crippen molar-refractivity contribution in [3.63, 3.8) is 0 Å². The smallest absolute Gasteiger partial charge is 1.00 e. The van der Waals surface area contributed by atoms with E-state index >= 15 is 0 Å². The van der Waals surface area contributed by atoms with Gasteiger partial charge >= 0.3 is 37.7 Å². The van der Waals surface area contributed by atoms with E-state index in [0.29, 0.717) is 11.8 Å². The number of nitriles is 2. The molecule has 0 aliphatic rings. The molecule has 60 valence electrons. The van der Waals surface area contributed by atoms with Crippen molar-refractivity contribution >= 4 is 49.5 Å². The van der Waals surface area contributed by atoms with Crippen molar-refractivity contribution in [3.05, 3.63) is 0 Å². The Kier molecular flexibility index (Phi) is 269. The zero-order chi connectivity index (χ0) is 4.12. The average Bonchev–Trinajstić information content (AvgIpc) is 1.41. The van der Waals surface area contributed by atoms with E-state index in [-0.39, 0.29) is 62.5 Å². The zero-order valence-corrected chi connectivity index (χ0v) is 8.03. The van der Waals surface area contributed by atoms with Crippen LogP contribution >= 0.6 is 11.8 Å². The summed E-state index contributed by atoms with van der Waals surface area (Å²) in [5.74, 6) is 0. The van der Waals surface area contributed by atoms with Crippen molar-refractivity contribution in [1.29, 1.82) is 10.5 Å². The molecule has 0 heterocycles. The Morgan fingerprint density at radius 2 is 1.10 bits per heavy atom.